The van der Waals surface area contributed by atoms with E-state index in [2.05, 4.69) is 5.92 Å². The van der Waals surface area contributed by atoms with E-state index in [0.717, 1.165) is 19.3 Å². The molecule has 0 rings (SSSR count). The zero-order valence-corrected chi connectivity index (χ0v) is 7.04. The second-order valence-electron chi connectivity index (χ2n) is 2.37. The lowest BCUT2D eigenvalue weighted by Gasteiger charge is -1.97. The quantitative estimate of drug-likeness (QED) is 0.489. The normalized spacial score (nSPS) is 15.6. The third-order valence-corrected chi connectivity index (χ3v) is 2.17. The van der Waals surface area contributed by atoms with Gasteiger partial charge in [-0.25, -0.2) is 0 Å². The molecule has 0 aromatic heterocycles. The fourth-order valence-electron chi connectivity index (χ4n) is 0.605. The molecule has 2 nitrogen and oxygen atoms in total. The van der Waals surface area contributed by atoms with E-state index < -0.39 is 9.73 Å². The van der Waals surface area contributed by atoms with Crippen LogP contribution in [-0.4, -0.2) is 16.2 Å². The average molecular weight is 159 g/mol. The fraction of sp³-hybridized carbons (Fsp3) is 0.714. The van der Waals surface area contributed by atoms with E-state index >= 15 is 0 Å². The molecule has 0 saturated heterocycles. The topological polar surface area (TPSA) is 40.9 Å². The van der Waals surface area contributed by atoms with Crippen LogP contribution in [0.4, 0.5) is 0 Å². The first-order chi connectivity index (χ1) is 4.56. The molecule has 3 heteroatoms. The van der Waals surface area contributed by atoms with Crippen molar-refractivity contribution in [2.45, 2.75) is 19.3 Å². The van der Waals surface area contributed by atoms with Gasteiger partial charge in [-0.05, 0) is 12.8 Å². The third kappa shape index (κ3) is 7.51. The molecule has 1 unspecified atom stereocenters. The van der Waals surface area contributed by atoms with Crippen molar-refractivity contribution < 1.29 is 4.21 Å². The van der Waals surface area contributed by atoms with Gasteiger partial charge in [0, 0.05) is 28.2 Å². The van der Waals surface area contributed by atoms with E-state index in [1.54, 1.807) is 0 Å². The van der Waals surface area contributed by atoms with Crippen molar-refractivity contribution in [3.05, 3.63) is 0 Å². The van der Waals surface area contributed by atoms with Crippen molar-refractivity contribution in [3.8, 4) is 12.3 Å². The summed E-state index contributed by atoms with van der Waals surface area (Å²) in [5.41, 5.74) is 0. The summed E-state index contributed by atoms with van der Waals surface area (Å²) in [6.45, 7) is 0. The molecule has 0 bridgehead atoms. The molecule has 0 aromatic carbocycles. The lowest BCUT2D eigenvalue weighted by atomic mass is 10.3. The van der Waals surface area contributed by atoms with Gasteiger partial charge in [-0.15, -0.1) is 12.3 Å². The highest BCUT2D eigenvalue weighted by molar-refractivity contribution is 7.91. The maximum absolute atomic E-state index is 10.8. The number of nitrogens with one attached hydrogen (secondary N) is 1. The Labute approximate surface area is 63.0 Å². The smallest absolute Gasteiger partial charge is 0.0412 e. The van der Waals surface area contributed by atoms with Crippen LogP contribution in [-0.2, 0) is 9.73 Å². The molecule has 0 fully saturated rings. The lowest BCUT2D eigenvalue weighted by Crippen LogP contribution is -2.00. The Hall–Kier alpha value is -0.490. The van der Waals surface area contributed by atoms with E-state index in [-0.39, 0.29) is 0 Å². The van der Waals surface area contributed by atoms with Crippen LogP contribution < -0.4 is 0 Å². The van der Waals surface area contributed by atoms with Gasteiger partial charge >= 0.3 is 0 Å². The predicted molar refractivity (Wildman–Crippen MR) is 44.3 cm³/mol. The molecule has 0 spiro atoms. The molecule has 0 aliphatic heterocycles. The zero-order chi connectivity index (χ0) is 8.04. The molecule has 0 heterocycles. The first-order valence-corrected chi connectivity index (χ1v) is 5.35. The minimum Gasteiger partial charge on any atom is -0.253 e. The highest BCUT2D eigenvalue weighted by atomic mass is 32.2. The summed E-state index contributed by atoms with van der Waals surface area (Å²) in [5, 5.41) is 0. The predicted octanol–water partition coefficient (Wildman–Crippen LogP) is 1.47. The molecular formula is C7H13NOS. The molecule has 1 N–H and O–H groups in total. The molecule has 0 amide bonds. The van der Waals surface area contributed by atoms with Gasteiger partial charge in [0.2, 0.25) is 0 Å². The Bertz CT molecular complexity index is 210. The van der Waals surface area contributed by atoms with Crippen molar-refractivity contribution in [1.82, 2.24) is 0 Å². The van der Waals surface area contributed by atoms with Gasteiger partial charge in [0.25, 0.3) is 0 Å². The average Bonchev–Trinajstić information content (AvgIpc) is 1.78. The van der Waals surface area contributed by atoms with E-state index in [1.807, 2.05) is 0 Å². The van der Waals surface area contributed by atoms with Crippen LogP contribution in [0.3, 0.4) is 0 Å². The van der Waals surface area contributed by atoms with Gasteiger partial charge in [0.05, 0.1) is 0 Å². The number of terminal acetylenes is 1. The van der Waals surface area contributed by atoms with Crippen molar-refractivity contribution in [3.63, 3.8) is 0 Å². The zero-order valence-electron chi connectivity index (χ0n) is 6.22. The highest BCUT2D eigenvalue weighted by Crippen LogP contribution is 1.97. The van der Waals surface area contributed by atoms with E-state index in [9.17, 15) is 4.21 Å². The van der Waals surface area contributed by atoms with Crippen LogP contribution in [0, 0.1) is 17.1 Å². The molecular weight excluding hydrogens is 146 g/mol. The molecule has 0 aliphatic carbocycles. The second-order valence-corrected chi connectivity index (χ2v) is 4.79. The Balaban J connectivity index is 3.32. The van der Waals surface area contributed by atoms with Gasteiger partial charge in [-0.3, -0.25) is 8.99 Å². The summed E-state index contributed by atoms with van der Waals surface area (Å²) < 4.78 is 17.8. The number of rotatable bonds is 4. The fourth-order valence-corrected chi connectivity index (χ4v) is 1.36. The molecule has 1 atom stereocenters. The maximum atomic E-state index is 10.8. The van der Waals surface area contributed by atoms with Gasteiger partial charge in [0.15, 0.2) is 0 Å². The highest BCUT2D eigenvalue weighted by Gasteiger charge is 1.95. The first kappa shape index (κ1) is 9.51. The molecule has 0 saturated carbocycles. The number of unbranched alkanes of at least 4 members (excludes halogenated alkanes) is 2. The van der Waals surface area contributed by atoms with Gasteiger partial charge < -0.3 is 0 Å². The molecule has 0 aromatic rings. The van der Waals surface area contributed by atoms with Gasteiger partial charge in [0.1, 0.15) is 0 Å². The van der Waals surface area contributed by atoms with Crippen molar-refractivity contribution in [1.29, 1.82) is 4.78 Å². The summed E-state index contributed by atoms with van der Waals surface area (Å²) in [7, 11) is -2.27. The number of hydrogen-bond acceptors (Lipinski definition) is 2. The van der Waals surface area contributed by atoms with Crippen LogP contribution >= 0.6 is 0 Å². The van der Waals surface area contributed by atoms with E-state index in [1.165, 1.54) is 6.26 Å². The minimum atomic E-state index is -2.27. The van der Waals surface area contributed by atoms with Crippen molar-refractivity contribution in [2.24, 2.45) is 0 Å². The Morgan fingerprint density at radius 1 is 1.60 bits per heavy atom. The first-order valence-electron chi connectivity index (χ1n) is 3.21. The summed E-state index contributed by atoms with van der Waals surface area (Å²) in [6.07, 6.45) is 8.90. The van der Waals surface area contributed by atoms with Crippen LogP contribution in [0.25, 0.3) is 0 Å². The van der Waals surface area contributed by atoms with Crippen LogP contribution in [0.15, 0.2) is 0 Å². The minimum absolute atomic E-state index is 0.481. The summed E-state index contributed by atoms with van der Waals surface area (Å²) >= 11 is 0. The largest absolute Gasteiger partial charge is 0.253 e. The molecule has 0 radical (unpaired) electrons. The molecule has 0 aliphatic rings. The summed E-state index contributed by atoms with van der Waals surface area (Å²) in [5.74, 6) is 2.98. The third-order valence-electron chi connectivity index (χ3n) is 1.10. The Morgan fingerprint density at radius 3 is 2.60 bits per heavy atom. The standard InChI is InChI=1S/C7H13NOS/c1-3-4-5-6-7-10(2,8)9/h1,8H,4-7H2,2H3. The molecule has 10 heavy (non-hydrogen) atoms. The SMILES string of the molecule is C#CCCCCS(C)(=N)=O. The van der Waals surface area contributed by atoms with Crippen LogP contribution in [0.1, 0.15) is 19.3 Å². The Kier molecular flexibility index (Phi) is 4.13. The van der Waals surface area contributed by atoms with Crippen molar-refractivity contribution in [2.75, 3.05) is 12.0 Å². The monoisotopic (exact) mass is 159 g/mol. The summed E-state index contributed by atoms with van der Waals surface area (Å²) in [6, 6.07) is 0. The van der Waals surface area contributed by atoms with Crippen molar-refractivity contribution >= 4 is 9.73 Å². The van der Waals surface area contributed by atoms with E-state index in [4.69, 9.17) is 11.2 Å². The Morgan fingerprint density at radius 2 is 2.20 bits per heavy atom. The molecule has 58 valence electrons. The van der Waals surface area contributed by atoms with Crippen LogP contribution in [0.2, 0.25) is 0 Å². The summed E-state index contributed by atoms with van der Waals surface area (Å²) in [4.78, 5) is 0. The van der Waals surface area contributed by atoms with Gasteiger partial charge in [-0.1, -0.05) is 0 Å². The lowest BCUT2D eigenvalue weighted by molar-refractivity contribution is 0.674. The van der Waals surface area contributed by atoms with Gasteiger partial charge in [-0.2, -0.15) is 0 Å². The van der Waals surface area contributed by atoms with Crippen LogP contribution in [0.5, 0.6) is 0 Å². The number of hydrogen-bond donors (Lipinski definition) is 1. The second kappa shape index (κ2) is 4.35. The van der Waals surface area contributed by atoms with E-state index in [0.29, 0.717) is 5.75 Å². The maximum Gasteiger partial charge on any atom is 0.0412 e.